The molecule has 3 aliphatic heterocycles. The van der Waals surface area contributed by atoms with Gasteiger partial charge in [0.2, 0.25) is 5.91 Å². The third-order valence-electron chi connectivity index (χ3n) is 16.3. The molecule has 0 saturated carbocycles. The van der Waals surface area contributed by atoms with Gasteiger partial charge in [0, 0.05) is 6.42 Å². The molecule has 0 bridgehead atoms. The minimum atomic E-state index is -2.00. The number of carbonyl (C=O) groups is 1. The van der Waals surface area contributed by atoms with Crippen LogP contribution in [-0.2, 0) is 33.2 Å². The highest BCUT2D eigenvalue weighted by Crippen LogP contribution is 2.33. The van der Waals surface area contributed by atoms with E-state index in [1.807, 2.05) is 18.2 Å². The molecule has 0 aromatic carbocycles. The van der Waals surface area contributed by atoms with Crippen LogP contribution in [0.5, 0.6) is 0 Å². The standard InChI is InChI=1S/C71H119NO18/c1-3-5-7-9-11-13-15-17-19-21-23-24-25-26-27-28-29-31-32-34-36-38-40-42-44-46-48-55(76)54(72-59(77)49-47-45-43-41-39-37-35-33-30-22-20-18-16-14-12-10-8-6-4-2)53-85-69-65(83)62(80)67(57(51-74)87-69)90-71-66(84)63(81)68(58(52-75)88-71)89-70-64(82)61(79)60(78)56(50-73)86-70/h6,8,12,14,18,20,30-33,37-40,43,45-46,48,54-58,60-71,73-76,78-84H,3-5,7,9-11,13,15-17,19,21-29,34-36,41-42,44,47,49-53H2,1-2H3,(H,72,77)/b8-6-,14-12-,20-18-,32-31+,33-30-,39-37-,40-38+,45-43-,48-46+. The fraction of sp³-hybridized carbons (Fsp3) is 0.732. The van der Waals surface area contributed by atoms with Crippen LogP contribution >= 0.6 is 0 Å². The molecule has 3 aliphatic rings. The van der Waals surface area contributed by atoms with Crippen molar-refractivity contribution in [2.45, 2.75) is 304 Å². The molecule has 3 saturated heterocycles. The molecule has 0 aliphatic carbocycles. The van der Waals surface area contributed by atoms with Crippen LogP contribution in [0.25, 0.3) is 0 Å². The molecule has 90 heavy (non-hydrogen) atoms. The van der Waals surface area contributed by atoms with Gasteiger partial charge in [0.1, 0.15) is 73.2 Å². The van der Waals surface area contributed by atoms with Crippen molar-refractivity contribution in [2.24, 2.45) is 0 Å². The Morgan fingerprint density at radius 3 is 1.23 bits per heavy atom. The second-order valence-electron chi connectivity index (χ2n) is 23.9. The van der Waals surface area contributed by atoms with E-state index in [1.54, 1.807) is 6.08 Å². The molecule has 0 radical (unpaired) electrons. The number of allylic oxidation sites excluding steroid dienone is 17. The van der Waals surface area contributed by atoms with Crippen LogP contribution < -0.4 is 5.32 Å². The van der Waals surface area contributed by atoms with Gasteiger partial charge in [-0.15, -0.1) is 0 Å². The number of unbranched alkanes of at least 4 members (excludes halogenated alkanes) is 18. The highest BCUT2D eigenvalue weighted by atomic mass is 16.8. The number of rotatable bonds is 50. The Morgan fingerprint density at radius 1 is 0.411 bits per heavy atom. The summed E-state index contributed by atoms with van der Waals surface area (Å²) < 4.78 is 34.2. The Balaban J connectivity index is 1.49. The van der Waals surface area contributed by atoms with Gasteiger partial charge in [-0.25, -0.2) is 0 Å². The zero-order chi connectivity index (χ0) is 65.4. The van der Waals surface area contributed by atoms with Crippen LogP contribution in [0.4, 0.5) is 0 Å². The van der Waals surface area contributed by atoms with Crippen LogP contribution in [0.3, 0.4) is 0 Å². The zero-order valence-corrected chi connectivity index (χ0v) is 54.3. The highest BCUT2D eigenvalue weighted by Gasteiger charge is 2.53. The SMILES string of the molecule is CC/C=C\C/C=C\C/C=C\C/C=C\C/C=C\C/C=C\CCC(=O)NC(COC1OC(CO)C(OC2OC(CO)C(OC3OC(CO)C(O)C(O)C3O)C(O)C2O)C(O)C1O)C(O)/C=C/CC/C=C/CC/C=C/CCCCCCCCCCCCCCCCCC. The van der Waals surface area contributed by atoms with E-state index in [2.05, 4.69) is 104 Å². The number of amides is 1. The molecule has 3 heterocycles. The monoisotopic (exact) mass is 1270 g/mol. The second kappa shape index (κ2) is 51.8. The van der Waals surface area contributed by atoms with E-state index in [9.17, 15) is 61.0 Å². The molecule has 516 valence electrons. The molecular weight excluding hydrogens is 1150 g/mol. The van der Waals surface area contributed by atoms with E-state index in [4.69, 9.17) is 28.4 Å². The lowest BCUT2D eigenvalue weighted by Crippen LogP contribution is -2.66. The summed E-state index contributed by atoms with van der Waals surface area (Å²) in [6.45, 7) is 1.53. The fourth-order valence-corrected chi connectivity index (χ4v) is 10.8. The van der Waals surface area contributed by atoms with Crippen molar-refractivity contribution in [3.63, 3.8) is 0 Å². The topological polar surface area (TPSA) is 307 Å². The molecule has 19 nitrogen and oxygen atoms in total. The Morgan fingerprint density at radius 2 is 0.778 bits per heavy atom. The Labute approximate surface area is 538 Å². The maximum Gasteiger partial charge on any atom is 0.220 e. The average Bonchev–Trinajstić information content (AvgIpc) is 0.846. The van der Waals surface area contributed by atoms with E-state index in [0.717, 1.165) is 57.8 Å². The van der Waals surface area contributed by atoms with E-state index >= 15 is 0 Å². The first-order chi connectivity index (χ1) is 43.8. The van der Waals surface area contributed by atoms with Crippen LogP contribution in [0.1, 0.15) is 200 Å². The first-order valence-electron chi connectivity index (χ1n) is 34.1. The van der Waals surface area contributed by atoms with Gasteiger partial charge < -0.3 is 89.9 Å². The van der Waals surface area contributed by atoms with E-state index < -0.39 is 131 Å². The van der Waals surface area contributed by atoms with Gasteiger partial charge in [0.25, 0.3) is 0 Å². The number of aliphatic hydroxyl groups excluding tert-OH is 11. The highest BCUT2D eigenvalue weighted by molar-refractivity contribution is 5.76. The molecule has 0 spiro atoms. The van der Waals surface area contributed by atoms with Gasteiger partial charge in [0.15, 0.2) is 18.9 Å². The molecular formula is C71H119NO18. The maximum atomic E-state index is 13.3. The van der Waals surface area contributed by atoms with Crippen LogP contribution in [0.15, 0.2) is 109 Å². The molecule has 12 N–H and O–H groups in total. The quantitative estimate of drug-likeness (QED) is 0.0200. The molecule has 17 unspecified atom stereocenters. The lowest BCUT2D eigenvalue weighted by Gasteiger charge is -2.48. The summed E-state index contributed by atoms with van der Waals surface area (Å²) in [6.07, 6.45) is 42.3. The van der Waals surface area contributed by atoms with Crippen molar-refractivity contribution in [2.75, 3.05) is 26.4 Å². The summed E-state index contributed by atoms with van der Waals surface area (Å²) in [4.78, 5) is 13.3. The normalized spacial score (nSPS) is 28.7. The molecule has 0 aromatic rings. The minimum absolute atomic E-state index is 0.100. The largest absolute Gasteiger partial charge is 0.394 e. The molecule has 19 heteroatoms. The van der Waals surface area contributed by atoms with Gasteiger partial charge in [-0.05, 0) is 83.5 Å². The van der Waals surface area contributed by atoms with Crippen molar-refractivity contribution in [3.8, 4) is 0 Å². The van der Waals surface area contributed by atoms with E-state index in [-0.39, 0.29) is 12.3 Å². The predicted molar refractivity (Wildman–Crippen MR) is 350 cm³/mol. The smallest absolute Gasteiger partial charge is 0.220 e. The zero-order valence-electron chi connectivity index (χ0n) is 54.3. The third-order valence-corrected chi connectivity index (χ3v) is 16.3. The first kappa shape index (κ1) is 80.7. The van der Waals surface area contributed by atoms with Crippen molar-refractivity contribution >= 4 is 5.91 Å². The maximum absolute atomic E-state index is 13.3. The number of hydrogen-bond donors (Lipinski definition) is 12. The molecule has 17 atom stereocenters. The van der Waals surface area contributed by atoms with Crippen molar-refractivity contribution < 1.29 is 89.4 Å². The summed E-state index contributed by atoms with van der Waals surface area (Å²) in [6, 6.07) is -1.05. The summed E-state index contributed by atoms with van der Waals surface area (Å²) in [5.74, 6) is -0.375. The van der Waals surface area contributed by atoms with Gasteiger partial charge >= 0.3 is 0 Å². The van der Waals surface area contributed by atoms with Crippen molar-refractivity contribution in [1.82, 2.24) is 5.32 Å². The molecule has 1 amide bonds. The Bertz CT molecular complexity index is 2060. The average molecular weight is 1270 g/mol. The minimum Gasteiger partial charge on any atom is -0.394 e. The van der Waals surface area contributed by atoms with E-state index in [0.29, 0.717) is 19.3 Å². The number of aliphatic hydroxyl groups is 11. The lowest BCUT2D eigenvalue weighted by atomic mass is 9.96. The third kappa shape index (κ3) is 33.5. The van der Waals surface area contributed by atoms with Crippen LogP contribution in [0, 0.1) is 0 Å². The Hall–Kier alpha value is -3.55. The van der Waals surface area contributed by atoms with Crippen LogP contribution in [-0.4, -0.2) is 193 Å². The summed E-state index contributed by atoms with van der Waals surface area (Å²) in [5.41, 5.74) is 0. The predicted octanol–water partition coefficient (Wildman–Crippen LogP) is 8.66. The summed E-state index contributed by atoms with van der Waals surface area (Å²) in [5, 5.41) is 120. The lowest BCUT2D eigenvalue weighted by molar-refractivity contribution is -0.379. The Kier molecular flexibility index (Phi) is 46.5. The fourth-order valence-electron chi connectivity index (χ4n) is 10.8. The second-order valence-corrected chi connectivity index (χ2v) is 23.9. The van der Waals surface area contributed by atoms with Gasteiger partial charge in [0.05, 0.1) is 38.6 Å². The number of carbonyl (C=O) groups excluding carboxylic acids is 1. The van der Waals surface area contributed by atoms with Crippen LogP contribution in [0.2, 0.25) is 0 Å². The van der Waals surface area contributed by atoms with Gasteiger partial charge in [-0.2, -0.15) is 0 Å². The van der Waals surface area contributed by atoms with Gasteiger partial charge in [-0.1, -0.05) is 220 Å². The van der Waals surface area contributed by atoms with Crippen molar-refractivity contribution in [1.29, 1.82) is 0 Å². The van der Waals surface area contributed by atoms with Crippen molar-refractivity contribution in [3.05, 3.63) is 109 Å². The van der Waals surface area contributed by atoms with E-state index in [1.165, 1.54) is 103 Å². The molecule has 0 aromatic heterocycles. The number of ether oxygens (including phenoxy) is 6. The number of hydrogen-bond acceptors (Lipinski definition) is 18. The van der Waals surface area contributed by atoms with Gasteiger partial charge in [-0.3, -0.25) is 4.79 Å². The molecule has 3 fully saturated rings. The first-order valence-corrected chi connectivity index (χ1v) is 34.1. The molecule has 3 rings (SSSR count). The number of nitrogens with one attached hydrogen (secondary N) is 1. The summed E-state index contributed by atoms with van der Waals surface area (Å²) >= 11 is 0. The summed E-state index contributed by atoms with van der Waals surface area (Å²) in [7, 11) is 0.